The smallest absolute Gasteiger partial charge is 0.266 e. The van der Waals surface area contributed by atoms with Gasteiger partial charge in [0.25, 0.3) is 5.56 Å². The van der Waals surface area contributed by atoms with Gasteiger partial charge in [-0.25, -0.2) is 4.98 Å². The summed E-state index contributed by atoms with van der Waals surface area (Å²) < 4.78 is 17.9. The molecule has 0 radical (unpaired) electrons. The van der Waals surface area contributed by atoms with E-state index in [0.717, 1.165) is 5.56 Å². The zero-order valence-electron chi connectivity index (χ0n) is 17.8. The Balaban J connectivity index is 1.98. The zero-order chi connectivity index (χ0) is 22.7. The first kappa shape index (κ1) is 21.5. The summed E-state index contributed by atoms with van der Waals surface area (Å²) in [5.74, 6) is 2.11. The number of nitrogens with zero attached hydrogens (tertiary/aromatic N) is 2. The van der Waals surface area contributed by atoms with E-state index in [-0.39, 0.29) is 5.56 Å². The summed E-state index contributed by atoms with van der Waals surface area (Å²) in [7, 11) is 4.71. The van der Waals surface area contributed by atoms with E-state index < -0.39 is 0 Å². The van der Waals surface area contributed by atoms with Gasteiger partial charge in [0.1, 0.15) is 11.6 Å². The van der Waals surface area contributed by atoms with Gasteiger partial charge < -0.3 is 14.2 Å². The molecule has 4 aromatic rings. The van der Waals surface area contributed by atoms with Crippen molar-refractivity contribution in [1.82, 2.24) is 9.55 Å². The van der Waals surface area contributed by atoms with Crippen molar-refractivity contribution in [3.05, 3.63) is 87.4 Å². The molecule has 7 heteroatoms. The quantitative estimate of drug-likeness (QED) is 0.404. The summed E-state index contributed by atoms with van der Waals surface area (Å²) in [5.41, 5.74) is 1.64. The Morgan fingerprint density at radius 3 is 2.41 bits per heavy atom. The Labute approximate surface area is 190 Å². The Morgan fingerprint density at radius 1 is 0.875 bits per heavy atom. The second-order valence-corrected chi connectivity index (χ2v) is 7.30. The maximum Gasteiger partial charge on any atom is 0.266 e. The molecule has 6 nitrogen and oxygen atoms in total. The Morgan fingerprint density at radius 2 is 1.66 bits per heavy atom. The van der Waals surface area contributed by atoms with Gasteiger partial charge in [-0.3, -0.25) is 9.36 Å². The molecule has 0 aliphatic heterocycles. The van der Waals surface area contributed by atoms with Crippen LogP contribution in [0.2, 0.25) is 5.02 Å². The van der Waals surface area contributed by atoms with Gasteiger partial charge in [0, 0.05) is 10.6 Å². The first-order chi connectivity index (χ1) is 15.6. The molecule has 0 bridgehead atoms. The summed E-state index contributed by atoms with van der Waals surface area (Å²) >= 11 is 6.25. The molecular weight excluding hydrogens is 428 g/mol. The summed E-state index contributed by atoms with van der Waals surface area (Å²) in [6.07, 6.45) is 3.58. The molecule has 0 amide bonds. The molecule has 0 saturated carbocycles. The number of ether oxygens (including phenoxy) is 3. The van der Waals surface area contributed by atoms with E-state index in [1.165, 1.54) is 4.57 Å². The Hall–Kier alpha value is -3.77. The van der Waals surface area contributed by atoms with Crippen molar-refractivity contribution < 1.29 is 14.2 Å². The number of aromatic nitrogens is 2. The molecule has 162 valence electrons. The highest BCUT2D eigenvalue weighted by Crippen LogP contribution is 2.32. The van der Waals surface area contributed by atoms with E-state index in [0.29, 0.717) is 44.7 Å². The largest absolute Gasteiger partial charge is 0.495 e. The molecule has 0 saturated heterocycles. The fourth-order valence-electron chi connectivity index (χ4n) is 3.54. The van der Waals surface area contributed by atoms with Gasteiger partial charge in [-0.05, 0) is 48.6 Å². The van der Waals surface area contributed by atoms with Crippen LogP contribution in [0, 0.1) is 0 Å². The standard InChI is InChI=1S/C25H21ClN2O4/c1-30-21-13-12-17(26)15-20(21)28-23(27-19-9-5-4-8-18(19)25(28)29)14-11-16-7-6-10-22(31-2)24(16)32-3/h4-15H,1-3H3/b14-11+. The van der Waals surface area contributed by atoms with E-state index in [1.807, 2.05) is 36.4 Å². The molecule has 0 aliphatic rings. The van der Waals surface area contributed by atoms with Crippen LogP contribution in [0.25, 0.3) is 28.7 Å². The van der Waals surface area contributed by atoms with Gasteiger partial charge in [-0.1, -0.05) is 35.9 Å². The number of benzene rings is 3. The normalized spacial score (nSPS) is 11.1. The van der Waals surface area contributed by atoms with Crippen molar-refractivity contribution in [3.63, 3.8) is 0 Å². The number of rotatable bonds is 6. The van der Waals surface area contributed by atoms with E-state index in [9.17, 15) is 4.79 Å². The predicted octanol–water partition coefficient (Wildman–Crippen LogP) is 5.24. The average molecular weight is 449 g/mol. The number of halogens is 1. The van der Waals surface area contributed by atoms with Crippen molar-refractivity contribution in [2.24, 2.45) is 0 Å². The number of hydrogen-bond donors (Lipinski definition) is 0. The molecule has 1 aromatic heterocycles. The third kappa shape index (κ3) is 3.92. The van der Waals surface area contributed by atoms with Crippen LogP contribution in [0.4, 0.5) is 0 Å². The lowest BCUT2D eigenvalue weighted by atomic mass is 10.1. The van der Waals surface area contributed by atoms with Crippen LogP contribution in [0.1, 0.15) is 11.4 Å². The van der Waals surface area contributed by atoms with E-state index in [1.54, 1.807) is 57.7 Å². The molecule has 0 aliphatic carbocycles. The van der Waals surface area contributed by atoms with Gasteiger partial charge in [0.15, 0.2) is 11.5 Å². The van der Waals surface area contributed by atoms with Gasteiger partial charge in [0.2, 0.25) is 0 Å². The van der Waals surface area contributed by atoms with Gasteiger partial charge in [-0.15, -0.1) is 0 Å². The summed E-state index contributed by atoms with van der Waals surface area (Å²) in [6, 6.07) is 17.9. The maximum atomic E-state index is 13.5. The first-order valence-electron chi connectivity index (χ1n) is 9.82. The molecule has 0 N–H and O–H groups in total. The second kappa shape index (κ2) is 9.16. The van der Waals surface area contributed by atoms with Gasteiger partial charge >= 0.3 is 0 Å². The second-order valence-electron chi connectivity index (χ2n) is 6.86. The lowest BCUT2D eigenvalue weighted by molar-refractivity contribution is 0.354. The first-order valence-corrected chi connectivity index (χ1v) is 10.2. The highest BCUT2D eigenvalue weighted by atomic mass is 35.5. The monoisotopic (exact) mass is 448 g/mol. The highest BCUT2D eigenvalue weighted by molar-refractivity contribution is 6.30. The number of methoxy groups -OCH3 is 3. The molecule has 0 fully saturated rings. The molecule has 1 heterocycles. The topological polar surface area (TPSA) is 62.6 Å². The summed E-state index contributed by atoms with van der Waals surface area (Å²) in [5, 5.41) is 0.968. The van der Waals surface area contributed by atoms with Crippen LogP contribution < -0.4 is 19.8 Å². The molecule has 0 spiro atoms. The summed E-state index contributed by atoms with van der Waals surface area (Å²) in [4.78, 5) is 18.2. The molecule has 0 unspecified atom stereocenters. The van der Waals surface area contributed by atoms with Crippen LogP contribution in [0.15, 0.2) is 65.5 Å². The molecule has 3 aromatic carbocycles. The lowest BCUT2D eigenvalue weighted by Gasteiger charge is -2.15. The molecule has 32 heavy (non-hydrogen) atoms. The van der Waals surface area contributed by atoms with E-state index in [2.05, 4.69) is 0 Å². The van der Waals surface area contributed by atoms with Crippen LogP contribution >= 0.6 is 11.6 Å². The van der Waals surface area contributed by atoms with E-state index in [4.69, 9.17) is 30.8 Å². The third-order valence-electron chi connectivity index (χ3n) is 5.03. The molecular formula is C25H21ClN2O4. The summed E-state index contributed by atoms with van der Waals surface area (Å²) in [6.45, 7) is 0. The number of para-hydroxylation sites is 2. The van der Waals surface area contributed by atoms with Crippen molar-refractivity contribution in [3.8, 4) is 22.9 Å². The maximum absolute atomic E-state index is 13.5. The predicted molar refractivity (Wildman–Crippen MR) is 127 cm³/mol. The highest BCUT2D eigenvalue weighted by Gasteiger charge is 2.16. The van der Waals surface area contributed by atoms with E-state index >= 15 is 0 Å². The zero-order valence-corrected chi connectivity index (χ0v) is 18.6. The minimum Gasteiger partial charge on any atom is -0.495 e. The van der Waals surface area contributed by atoms with Crippen molar-refractivity contribution in [2.75, 3.05) is 21.3 Å². The number of fused-ring (bicyclic) bond motifs is 1. The Kier molecular flexibility index (Phi) is 6.14. The van der Waals surface area contributed by atoms with Crippen molar-refractivity contribution in [2.45, 2.75) is 0 Å². The van der Waals surface area contributed by atoms with Gasteiger partial charge in [0.05, 0.1) is 37.9 Å². The third-order valence-corrected chi connectivity index (χ3v) is 5.26. The SMILES string of the molecule is COc1ccc(Cl)cc1-n1c(/C=C/c2cccc(OC)c2OC)nc2ccccc2c1=O. The minimum atomic E-state index is -0.228. The average Bonchev–Trinajstić information content (AvgIpc) is 2.82. The van der Waals surface area contributed by atoms with Gasteiger partial charge in [-0.2, -0.15) is 0 Å². The van der Waals surface area contributed by atoms with Crippen LogP contribution in [-0.2, 0) is 0 Å². The number of hydrogen-bond acceptors (Lipinski definition) is 5. The fourth-order valence-corrected chi connectivity index (χ4v) is 3.71. The molecule has 0 atom stereocenters. The minimum absolute atomic E-state index is 0.228. The van der Waals surface area contributed by atoms with Crippen molar-refractivity contribution in [1.29, 1.82) is 0 Å². The van der Waals surface area contributed by atoms with Crippen LogP contribution in [0.3, 0.4) is 0 Å². The van der Waals surface area contributed by atoms with Crippen molar-refractivity contribution >= 4 is 34.7 Å². The van der Waals surface area contributed by atoms with Crippen LogP contribution in [0.5, 0.6) is 17.2 Å². The molecule has 4 rings (SSSR count). The van der Waals surface area contributed by atoms with Crippen LogP contribution in [-0.4, -0.2) is 30.9 Å². The Bertz CT molecular complexity index is 1380. The lowest BCUT2D eigenvalue weighted by Crippen LogP contribution is -2.22. The fraction of sp³-hybridized carbons (Fsp3) is 0.120.